The standard InChI is InChI=1S/C23H24AsCl3N2O4/c1-5-32-20(30)17-11-15(10-14-8-6-7-9-16(14)17)29-19(12-18(28-29)22(2,3)4)24-21(31)33-13-23(25,26)27/h6-12,24H,5,13H2,1-4H3. The molecule has 0 fully saturated rings. The van der Waals surface area contributed by atoms with Crippen LogP contribution in [0.1, 0.15) is 43.7 Å². The van der Waals surface area contributed by atoms with Gasteiger partial charge in [0.05, 0.1) is 0 Å². The molecule has 0 aliphatic heterocycles. The molecule has 0 amide bonds. The molecule has 3 aromatic rings. The van der Waals surface area contributed by atoms with Crippen molar-refractivity contribution in [1.29, 1.82) is 0 Å². The molecular weight excluding hydrogens is 550 g/mol. The Bertz CT molecular complexity index is 1180. The number of halogens is 3. The molecule has 0 spiro atoms. The quantitative estimate of drug-likeness (QED) is 0.234. The Kier molecular flexibility index (Phi) is 8.06. The van der Waals surface area contributed by atoms with Gasteiger partial charge in [-0.25, -0.2) is 0 Å². The van der Waals surface area contributed by atoms with Crippen molar-refractivity contribution >= 4 is 76.5 Å². The van der Waals surface area contributed by atoms with Gasteiger partial charge in [-0.1, -0.05) is 0 Å². The van der Waals surface area contributed by atoms with Gasteiger partial charge in [0.25, 0.3) is 0 Å². The first kappa shape index (κ1) is 25.9. The first-order chi connectivity index (χ1) is 15.4. The molecule has 1 unspecified atom stereocenters. The van der Waals surface area contributed by atoms with Crippen molar-refractivity contribution in [2.75, 3.05) is 13.2 Å². The Morgan fingerprint density at radius 1 is 1.06 bits per heavy atom. The van der Waals surface area contributed by atoms with Crippen molar-refractivity contribution < 1.29 is 19.1 Å². The average Bonchev–Trinajstić information content (AvgIpc) is 3.15. The Hall–Kier alpha value is -1.72. The van der Waals surface area contributed by atoms with Crippen molar-refractivity contribution in [2.24, 2.45) is 0 Å². The number of carbonyl (C=O) groups is 2. The average molecular weight is 574 g/mol. The van der Waals surface area contributed by atoms with E-state index in [0.29, 0.717) is 15.7 Å². The summed E-state index contributed by atoms with van der Waals surface area (Å²) in [7, 11) is 0. The third kappa shape index (κ3) is 6.66. The molecule has 0 bridgehead atoms. The van der Waals surface area contributed by atoms with Gasteiger partial charge >= 0.3 is 215 Å². The van der Waals surface area contributed by atoms with E-state index in [9.17, 15) is 9.59 Å². The van der Waals surface area contributed by atoms with E-state index in [0.717, 1.165) is 16.5 Å². The summed E-state index contributed by atoms with van der Waals surface area (Å²) in [6, 6.07) is 13.1. The minimum absolute atomic E-state index is 0.256. The van der Waals surface area contributed by atoms with Crippen LogP contribution >= 0.6 is 34.8 Å². The monoisotopic (exact) mass is 572 g/mol. The maximum atomic E-state index is 12.7. The van der Waals surface area contributed by atoms with Crippen molar-refractivity contribution in [3.05, 3.63) is 53.7 Å². The van der Waals surface area contributed by atoms with Gasteiger partial charge in [-0.3, -0.25) is 0 Å². The molecule has 0 saturated heterocycles. The summed E-state index contributed by atoms with van der Waals surface area (Å²) in [5, 5.41) is 6.41. The Labute approximate surface area is 214 Å². The number of nitrogens with zero attached hydrogens (tertiary/aromatic N) is 2. The molecule has 176 valence electrons. The van der Waals surface area contributed by atoms with E-state index < -0.39 is 30.3 Å². The molecule has 2 aromatic carbocycles. The van der Waals surface area contributed by atoms with Gasteiger partial charge in [-0.2, -0.15) is 0 Å². The minimum atomic E-state index is -1.68. The topological polar surface area (TPSA) is 70.4 Å². The number of hydrogen-bond acceptors (Lipinski definition) is 5. The van der Waals surface area contributed by atoms with Crippen LogP contribution in [0.4, 0.5) is 4.79 Å². The molecule has 0 saturated carbocycles. The summed E-state index contributed by atoms with van der Waals surface area (Å²) < 4.78 is 10.7. The van der Waals surface area contributed by atoms with E-state index in [1.807, 2.05) is 57.2 Å². The maximum absolute atomic E-state index is 12.7. The normalized spacial score (nSPS) is 12.5. The number of hydrogen-bond donors (Lipinski definition) is 0. The molecule has 0 aliphatic rings. The van der Waals surface area contributed by atoms with Gasteiger partial charge in [0.2, 0.25) is 0 Å². The van der Waals surface area contributed by atoms with Crippen LogP contribution in [-0.2, 0) is 14.9 Å². The van der Waals surface area contributed by atoms with Crippen molar-refractivity contribution in [3.8, 4) is 5.69 Å². The predicted octanol–water partition coefficient (Wildman–Crippen LogP) is 5.07. The summed E-state index contributed by atoms with van der Waals surface area (Å²) in [5.74, 6) is -0.418. The fourth-order valence-corrected chi connectivity index (χ4v) is 5.06. The number of fused-ring (bicyclic) bond motifs is 1. The number of aromatic nitrogens is 2. The number of rotatable bonds is 6. The molecule has 1 heterocycles. The number of alkyl halides is 3. The van der Waals surface area contributed by atoms with Crippen LogP contribution in [0.2, 0.25) is 0 Å². The van der Waals surface area contributed by atoms with Crippen LogP contribution < -0.4 is 4.48 Å². The SMILES string of the molecule is CCOC(=O)c1cc(-n2nc(C(C)(C)C)cc2[AsH]C(=O)OCC(Cl)(Cl)Cl)cc2ccccc12. The van der Waals surface area contributed by atoms with Crippen molar-refractivity contribution in [1.82, 2.24) is 9.78 Å². The summed E-state index contributed by atoms with van der Waals surface area (Å²) in [6.45, 7) is 7.81. The van der Waals surface area contributed by atoms with Gasteiger partial charge in [-0.05, 0) is 0 Å². The number of esters is 1. The van der Waals surface area contributed by atoms with Gasteiger partial charge in [-0.15, -0.1) is 0 Å². The Balaban J connectivity index is 2.10. The Morgan fingerprint density at radius 2 is 1.76 bits per heavy atom. The molecule has 10 heteroatoms. The van der Waals surface area contributed by atoms with E-state index >= 15 is 0 Å². The molecule has 6 nitrogen and oxygen atoms in total. The number of carbonyl (C=O) groups excluding carboxylic acids is 2. The molecule has 3 rings (SSSR count). The van der Waals surface area contributed by atoms with E-state index in [4.69, 9.17) is 49.4 Å². The molecular formula is C23H24AsCl3N2O4. The molecule has 33 heavy (non-hydrogen) atoms. The molecule has 0 aliphatic carbocycles. The number of benzene rings is 2. The van der Waals surface area contributed by atoms with Crippen LogP contribution in [-0.4, -0.2) is 53.3 Å². The predicted molar refractivity (Wildman–Crippen MR) is 134 cm³/mol. The van der Waals surface area contributed by atoms with E-state index in [-0.39, 0.29) is 18.6 Å². The zero-order valence-electron chi connectivity index (χ0n) is 18.6. The molecule has 0 radical (unpaired) electrons. The molecule has 1 atom stereocenters. The third-order valence-electron chi connectivity index (χ3n) is 4.66. The summed E-state index contributed by atoms with van der Waals surface area (Å²) in [5.41, 5.74) is 1.64. The van der Waals surface area contributed by atoms with Gasteiger partial charge in [0.1, 0.15) is 0 Å². The second kappa shape index (κ2) is 10.3. The summed E-state index contributed by atoms with van der Waals surface area (Å²) in [4.78, 5) is 25.2. The Morgan fingerprint density at radius 3 is 2.39 bits per heavy atom. The summed E-state index contributed by atoms with van der Waals surface area (Å²) >= 11 is 15.7. The van der Waals surface area contributed by atoms with Gasteiger partial charge in [0, 0.05) is 0 Å². The first-order valence-corrected chi connectivity index (χ1v) is 13.4. The molecule has 1 aromatic heterocycles. The zero-order chi connectivity index (χ0) is 24.4. The van der Waals surface area contributed by atoms with E-state index in [2.05, 4.69) is 0 Å². The summed E-state index contributed by atoms with van der Waals surface area (Å²) in [6.07, 6.45) is 0. The van der Waals surface area contributed by atoms with E-state index in [1.165, 1.54) is 0 Å². The van der Waals surface area contributed by atoms with E-state index in [1.54, 1.807) is 17.7 Å². The third-order valence-corrected chi connectivity index (χ3v) is 7.00. The van der Waals surface area contributed by atoms with Crippen LogP contribution in [0.15, 0.2) is 42.5 Å². The van der Waals surface area contributed by atoms with Crippen LogP contribution in [0.5, 0.6) is 0 Å². The fraction of sp³-hybridized carbons (Fsp3) is 0.348. The van der Waals surface area contributed by atoms with Crippen LogP contribution in [0, 0.1) is 0 Å². The van der Waals surface area contributed by atoms with Crippen LogP contribution in [0.3, 0.4) is 0 Å². The van der Waals surface area contributed by atoms with Gasteiger partial charge in [0.15, 0.2) is 0 Å². The molecule has 0 N–H and O–H groups in total. The zero-order valence-corrected chi connectivity index (χ0v) is 23.0. The fourth-order valence-electron chi connectivity index (χ4n) is 3.12. The number of ether oxygens (including phenoxy) is 2. The second-order valence-corrected chi connectivity index (χ2v) is 13.3. The van der Waals surface area contributed by atoms with Crippen LogP contribution in [0.25, 0.3) is 16.5 Å². The second-order valence-electron chi connectivity index (χ2n) is 8.33. The van der Waals surface area contributed by atoms with Gasteiger partial charge < -0.3 is 0 Å². The first-order valence-electron chi connectivity index (χ1n) is 10.2. The van der Waals surface area contributed by atoms with Crippen molar-refractivity contribution in [2.45, 2.75) is 36.9 Å². The van der Waals surface area contributed by atoms with Crippen molar-refractivity contribution in [3.63, 3.8) is 0 Å².